The Balaban J connectivity index is 2.57. The van der Waals surface area contributed by atoms with Crippen LogP contribution in [0.2, 0.25) is 0 Å². The topological polar surface area (TPSA) is 12.5 Å². The van der Waals surface area contributed by atoms with Crippen LogP contribution in [0.5, 0.6) is 5.75 Å². The lowest BCUT2D eigenvalue weighted by molar-refractivity contribution is 0.309. The van der Waals surface area contributed by atoms with Gasteiger partial charge in [0.05, 0.1) is 12.2 Å². The minimum atomic E-state index is 0.167. The molecular formula is C13H19NO. The molecule has 0 bridgehead atoms. The van der Waals surface area contributed by atoms with Gasteiger partial charge < -0.3 is 9.64 Å². The quantitative estimate of drug-likeness (QED) is 0.645. The second-order valence-electron chi connectivity index (χ2n) is 5.17. The van der Waals surface area contributed by atoms with Crippen molar-refractivity contribution in [2.75, 3.05) is 25.1 Å². The molecule has 0 radical (unpaired) electrons. The van der Waals surface area contributed by atoms with Crippen LogP contribution >= 0.6 is 0 Å². The summed E-state index contributed by atoms with van der Waals surface area (Å²) in [6.07, 6.45) is 0. The maximum atomic E-state index is 5.69. The fraction of sp³-hybridized carbons (Fsp3) is 0.538. The minimum absolute atomic E-state index is 0.167. The number of nitrogens with zero attached hydrogens (tertiary/aromatic N) is 1. The van der Waals surface area contributed by atoms with E-state index in [2.05, 4.69) is 50.9 Å². The molecule has 0 aromatic heterocycles. The Kier molecular flexibility index (Phi) is 2.37. The van der Waals surface area contributed by atoms with E-state index in [0.29, 0.717) is 0 Å². The zero-order valence-corrected chi connectivity index (χ0v) is 10.0. The van der Waals surface area contributed by atoms with Crippen molar-refractivity contribution in [3.8, 4) is 5.75 Å². The van der Waals surface area contributed by atoms with Crippen LogP contribution in [0.25, 0.3) is 0 Å². The zero-order valence-electron chi connectivity index (χ0n) is 10.0. The average Bonchev–Trinajstić information content (AvgIpc) is 2.16. The SMILES string of the molecule is CN1CCOc2cccc(C(C)(C)C)c21. The highest BCUT2D eigenvalue weighted by Gasteiger charge is 2.25. The van der Waals surface area contributed by atoms with Crippen molar-refractivity contribution in [3.63, 3.8) is 0 Å². The third kappa shape index (κ3) is 1.81. The summed E-state index contributed by atoms with van der Waals surface area (Å²) >= 11 is 0. The molecule has 0 atom stereocenters. The molecule has 0 spiro atoms. The predicted octanol–water partition coefficient (Wildman–Crippen LogP) is 2.81. The highest BCUT2D eigenvalue weighted by molar-refractivity contribution is 5.66. The Morgan fingerprint density at radius 2 is 2.00 bits per heavy atom. The Morgan fingerprint density at radius 3 is 2.67 bits per heavy atom. The van der Waals surface area contributed by atoms with Crippen LogP contribution in [0.15, 0.2) is 18.2 Å². The van der Waals surface area contributed by atoms with Gasteiger partial charge in [-0.3, -0.25) is 0 Å². The van der Waals surface area contributed by atoms with Gasteiger partial charge in [0.1, 0.15) is 12.4 Å². The van der Waals surface area contributed by atoms with Crippen LogP contribution in [0.1, 0.15) is 26.3 Å². The molecule has 1 aromatic rings. The molecular weight excluding hydrogens is 186 g/mol. The van der Waals surface area contributed by atoms with E-state index in [9.17, 15) is 0 Å². The van der Waals surface area contributed by atoms with Gasteiger partial charge in [0.2, 0.25) is 0 Å². The highest BCUT2D eigenvalue weighted by atomic mass is 16.5. The second kappa shape index (κ2) is 3.44. The molecule has 1 aromatic carbocycles. The molecule has 1 aliphatic heterocycles. The number of para-hydroxylation sites is 1. The average molecular weight is 205 g/mol. The van der Waals surface area contributed by atoms with E-state index >= 15 is 0 Å². The van der Waals surface area contributed by atoms with Gasteiger partial charge in [0.25, 0.3) is 0 Å². The maximum Gasteiger partial charge on any atom is 0.142 e. The Labute approximate surface area is 91.9 Å². The lowest BCUT2D eigenvalue weighted by Crippen LogP contribution is -2.31. The van der Waals surface area contributed by atoms with Crippen LogP contribution in [0.3, 0.4) is 0 Å². The molecule has 2 rings (SSSR count). The second-order valence-corrected chi connectivity index (χ2v) is 5.17. The molecule has 1 heterocycles. The van der Waals surface area contributed by atoms with Crippen LogP contribution in [-0.2, 0) is 5.41 Å². The first-order chi connectivity index (χ1) is 7.00. The largest absolute Gasteiger partial charge is 0.490 e. The van der Waals surface area contributed by atoms with Crippen molar-refractivity contribution >= 4 is 5.69 Å². The first-order valence-electron chi connectivity index (χ1n) is 5.47. The fourth-order valence-corrected chi connectivity index (χ4v) is 2.04. The summed E-state index contributed by atoms with van der Waals surface area (Å²) in [5.41, 5.74) is 2.79. The first kappa shape index (κ1) is 10.3. The number of rotatable bonds is 0. The lowest BCUT2D eigenvalue weighted by Gasteiger charge is -2.33. The molecule has 0 saturated heterocycles. The third-order valence-corrected chi connectivity index (χ3v) is 2.87. The highest BCUT2D eigenvalue weighted by Crippen LogP contribution is 2.39. The predicted molar refractivity (Wildman–Crippen MR) is 63.9 cm³/mol. The number of likely N-dealkylation sites (N-methyl/N-ethyl adjacent to an activating group) is 1. The van der Waals surface area contributed by atoms with E-state index in [1.807, 2.05) is 0 Å². The van der Waals surface area contributed by atoms with Crippen molar-refractivity contribution < 1.29 is 4.74 Å². The molecule has 15 heavy (non-hydrogen) atoms. The summed E-state index contributed by atoms with van der Waals surface area (Å²) in [5, 5.41) is 0. The van der Waals surface area contributed by atoms with Crippen LogP contribution in [-0.4, -0.2) is 20.2 Å². The summed E-state index contributed by atoms with van der Waals surface area (Å²) in [6, 6.07) is 6.34. The van der Waals surface area contributed by atoms with Gasteiger partial charge in [-0.2, -0.15) is 0 Å². The van der Waals surface area contributed by atoms with Crippen LogP contribution in [0.4, 0.5) is 5.69 Å². The van der Waals surface area contributed by atoms with Crippen molar-refractivity contribution in [1.82, 2.24) is 0 Å². The summed E-state index contributed by atoms with van der Waals surface area (Å²) < 4.78 is 5.69. The number of anilines is 1. The summed E-state index contributed by atoms with van der Waals surface area (Å²) in [4.78, 5) is 2.29. The van der Waals surface area contributed by atoms with E-state index < -0.39 is 0 Å². The first-order valence-corrected chi connectivity index (χ1v) is 5.47. The number of fused-ring (bicyclic) bond motifs is 1. The number of benzene rings is 1. The standard InChI is InChI=1S/C13H19NO/c1-13(2,3)10-6-5-7-11-12(10)14(4)8-9-15-11/h5-7H,8-9H2,1-4H3. The maximum absolute atomic E-state index is 5.69. The number of hydrogen-bond acceptors (Lipinski definition) is 2. The van der Waals surface area contributed by atoms with E-state index in [4.69, 9.17) is 4.74 Å². The van der Waals surface area contributed by atoms with Gasteiger partial charge in [0.15, 0.2) is 0 Å². The van der Waals surface area contributed by atoms with Crippen molar-refractivity contribution in [2.24, 2.45) is 0 Å². The normalized spacial score (nSPS) is 15.9. The van der Waals surface area contributed by atoms with Gasteiger partial charge >= 0.3 is 0 Å². The van der Waals surface area contributed by atoms with Crippen LogP contribution in [0, 0.1) is 0 Å². The molecule has 0 fully saturated rings. The van der Waals surface area contributed by atoms with Gasteiger partial charge in [-0.1, -0.05) is 32.9 Å². The molecule has 2 heteroatoms. The third-order valence-electron chi connectivity index (χ3n) is 2.87. The monoisotopic (exact) mass is 205 g/mol. The Bertz CT molecular complexity index is 365. The molecule has 2 nitrogen and oxygen atoms in total. The van der Waals surface area contributed by atoms with Gasteiger partial charge in [0, 0.05) is 7.05 Å². The molecule has 1 aliphatic rings. The smallest absolute Gasteiger partial charge is 0.142 e. The van der Waals surface area contributed by atoms with E-state index in [-0.39, 0.29) is 5.41 Å². The van der Waals surface area contributed by atoms with Crippen molar-refractivity contribution in [3.05, 3.63) is 23.8 Å². The Morgan fingerprint density at radius 1 is 1.27 bits per heavy atom. The van der Waals surface area contributed by atoms with Crippen LogP contribution < -0.4 is 9.64 Å². The zero-order chi connectivity index (χ0) is 11.1. The van der Waals surface area contributed by atoms with Gasteiger partial charge in [-0.05, 0) is 17.0 Å². The molecule has 0 saturated carbocycles. The molecule has 0 aliphatic carbocycles. The Hall–Kier alpha value is -1.18. The van der Waals surface area contributed by atoms with E-state index in [1.54, 1.807) is 0 Å². The number of ether oxygens (including phenoxy) is 1. The summed E-state index contributed by atoms with van der Waals surface area (Å²) in [7, 11) is 2.14. The summed E-state index contributed by atoms with van der Waals surface area (Å²) in [5.74, 6) is 1.02. The lowest BCUT2D eigenvalue weighted by atomic mass is 9.85. The van der Waals surface area contributed by atoms with Gasteiger partial charge in [-0.25, -0.2) is 0 Å². The summed E-state index contributed by atoms with van der Waals surface area (Å²) in [6.45, 7) is 8.48. The van der Waals surface area contributed by atoms with Crippen molar-refractivity contribution in [2.45, 2.75) is 26.2 Å². The molecule has 0 unspecified atom stereocenters. The van der Waals surface area contributed by atoms with Crippen molar-refractivity contribution in [1.29, 1.82) is 0 Å². The number of hydrogen-bond donors (Lipinski definition) is 0. The van der Waals surface area contributed by atoms with E-state index in [1.165, 1.54) is 11.3 Å². The van der Waals surface area contributed by atoms with Gasteiger partial charge in [-0.15, -0.1) is 0 Å². The fourth-order valence-electron chi connectivity index (χ4n) is 2.04. The molecule has 0 N–H and O–H groups in total. The van der Waals surface area contributed by atoms with E-state index in [0.717, 1.165) is 18.9 Å². The minimum Gasteiger partial charge on any atom is -0.490 e. The molecule has 0 amide bonds. The molecule has 82 valence electrons.